The van der Waals surface area contributed by atoms with E-state index in [0.717, 1.165) is 38.5 Å². The lowest BCUT2D eigenvalue weighted by atomic mass is 10.1. The summed E-state index contributed by atoms with van der Waals surface area (Å²) in [7, 11) is 0. The number of aromatic nitrogens is 2. The van der Waals surface area contributed by atoms with Crippen LogP contribution >= 0.6 is 11.3 Å². The van der Waals surface area contributed by atoms with Gasteiger partial charge in [-0.15, -0.1) is 11.3 Å². The predicted molar refractivity (Wildman–Crippen MR) is 103 cm³/mol. The van der Waals surface area contributed by atoms with Crippen LogP contribution in [0.1, 0.15) is 21.5 Å². The van der Waals surface area contributed by atoms with E-state index in [9.17, 15) is 4.79 Å². The van der Waals surface area contributed by atoms with Gasteiger partial charge in [0.05, 0.1) is 15.9 Å². The normalized spacial score (nSPS) is 11.0. The van der Waals surface area contributed by atoms with Crippen LogP contribution in [0.5, 0.6) is 0 Å². The van der Waals surface area contributed by atoms with Gasteiger partial charge in [0.25, 0.3) is 5.91 Å². The molecular weight excluding hydrogens is 330 g/mol. The third-order valence-electron chi connectivity index (χ3n) is 3.98. The van der Waals surface area contributed by atoms with Gasteiger partial charge in [0.2, 0.25) is 0 Å². The average molecular weight is 347 g/mol. The quantitative estimate of drug-likeness (QED) is 0.538. The molecule has 0 radical (unpaired) electrons. The summed E-state index contributed by atoms with van der Waals surface area (Å²) in [4.78, 5) is 21.5. The number of aryl methyl sites for hydroxylation is 2. The van der Waals surface area contributed by atoms with Gasteiger partial charge in [-0.3, -0.25) is 4.79 Å². The lowest BCUT2D eigenvalue weighted by molar-refractivity contribution is 0.102. The number of carbonyl (C=O) groups is 1. The number of hydrogen-bond donors (Lipinski definition) is 2. The molecule has 0 aliphatic carbocycles. The molecule has 4 aromatic rings. The molecule has 0 saturated carbocycles. The number of H-pyrrole nitrogens is 1. The van der Waals surface area contributed by atoms with Crippen molar-refractivity contribution in [2.45, 2.75) is 13.8 Å². The molecule has 2 N–H and O–H groups in total. The van der Waals surface area contributed by atoms with E-state index in [-0.39, 0.29) is 5.91 Å². The highest BCUT2D eigenvalue weighted by atomic mass is 32.1. The predicted octanol–water partition coefficient (Wildman–Crippen LogP) is 5.16. The fraction of sp³-hybridized carbons (Fsp3) is 0.100. The molecule has 0 aliphatic heterocycles. The van der Waals surface area contributed by atoms with Crippen molar-refractivity contribution in [3.05, 3.63) is 70.6 Å². The number of nitrogens with one attached hydrogen (secondary N) is 2. The molecule has 25 heavy (non-hydrogen) atoms. The van der Waals surface area contributed by atoms with E-state index < -0.39 is 0 Å². The Morgan fingerprint density at radius 2 is 1.88 bits per heavy atom. The summed E-state index contributed by atoms with van der Waals surface area (Å²) >= 11 is 1.64. The molecule has 0 atom stereocenters. The fourth-order valence-corrected chi connectivity index (χ4v) is 3.60. The summed E-state index contributed by atoms with van der Waals surface area (Å²) in [6.07, 6.45) is 0. The van der Waals surface area contributed by atoms with Gasteiger partial charge in [-0.2, -0.15) is 0 Å². The van der Waals surface area contributed by atoms with Gasteiger partial charge < -0.3 is 10.3 Å². The Morgan fingerprint density at radius 1 is 1.08 bits per heavy atom. The summed E-state index contributed by atoms with van der Waals surface area (Å²) in [6.45, 7) is 3.99. The van der Waals surface area contributed by atoms with Crippen LogP contribution in [-0.2, 0) is 0 Å². The molecule has 0 saturated heterocycles. The number of imidazole rings is 1. The minimum absolute atomic E-state index is 0.107. The Balaban J connectivity index is 1.62. The highest BCUT2D eigenvalue weighted by molar-refractivity contribution is 7.13. The maximum atomic E-state index is 12.5. The van der Waals surface area contributed by atoms with Crippen LogP contribution in [-0.4, -0.2) is 15.9 Å². The first-order valence-corrected chi connectivity index (χ1v) is 8.90. The highest BCUT2D eigenvalue weighted by Crippen LogP contribution is 2.26. The van der Waals surface area contributed by atoms with Gasteiger partial charge in [0, 0.05) is 11.3 Å². The van der Waals surface area contributed by atoms with E-state index >= 15 is 0 Å². The number of thiophene rings is 1. The monoisotopic (exact) mass is 347 g/mol. The molecule has 0 fully saturated rings. The van der Waals surface area contributed by atoms with Crippen LogP contribution in [0.4, 0.5) is 5.69 Å². The molecule has 2 heterocycles. The Bertz CT molecular complexity index is 1040. The molecule has 0 spiro atoms. The number of carbonyl (C=O) groups excluding carboxylic acids is 1. The third-order valence-corrected chi connectivity index (χ3v) is 4.85. The molecular formula is C20H17N3OS. The second-order valence-electron chi connectivity index (χ2n) is 6.13. The summed E-state index contributed by atoms with van der Waals surface area (Å²) in [5.74, 6) is 0.743. The number of aromatic amines is 1. The molecule has 0 bridgehead atoms. The van der Waals surface area contributed by atoms with Crippen molar-refractivity contribution in [3.63, 3.8) is 0 Å². The maximum absolute atomic E-state index is 12.5. The van der Waals surface area contributed by atoms with Crippen LogP contribution in [0.15, 0.2) is 53.9 Å². The minimum atomic E-state index is -0.107. The van der Waals surface area contributed by atoms with Crippen LogP contribution in [0, 0.1) is 13.8 Å². The van der Waals surface area contributed by atoms with Crippen molar-refractivity contribution < 1.29 is 4.79 Å². The Labute approximate surface area is 149 Å². The number of hydrogen-bond acceptors (Lipinski definition) is 3. The number of rotatable bonds is 3. The fourth-order valence-electron chi connectivity index (χ4n) is 2.93. The van der Waals surface area contributed by atoms with Crippen molar-refractivity contribution >= 4 is 34.0 Å². The zero-order valence-corrected chi connectivity index (χ0v) is 14.8. The van der Waals surface area contributed by atoms with Gasteiger partial charge >= 0.3 is 0 Å². The molecule has 4 rings (SSSR count). The summed E-state index contributed by atoms with van der Waals surface area (Å²) in [5, 5.41) is 4.99. The molecule has 4 nitrogen and oxygen atoms in total. The lowest BCUT2D eigenvalue weighted by Crippen LogP contribution is -2.12. The van der Waals surface area contributed by atoms with Crippen LogP contribution in [0.2, 0.25) is 0 Å². The molecule has 0 aliphatic rings. The Hall–Kier alpha value is -2.92. The minimum Gasteiger partial charge on any atom is -0.337 e. The van der Waals surface area contributed by atoms with E-state index in [1.54, 1.807) is 11.3 Å². The highest BCUT2D eigenvalue weighted by Gasteiger charge is 2.10. The zero-order valence-electron chi connectivity index (χ0n) is 14.0. The smallest absolute Gasteiger partial charge is 0.255 e. The van der Waals surface area contributed by atoms with Gasteiger partial charge in [0.1, 0.15) is 5.82 Å². The van der Waals surface area contributed by atoms with E-state index in [4.69, 9.17) is 0 Å². The molecule has 2 aromatic heterocycles. The summed E-state index contributed by atoms with van der Waals surface area (Å²) in [5.41, 5.74) is 5.36. The van der Waals surface area contributed by atoms with Gasteiger partial charge in [0.15, 0.2) is 0 Å². The van der Waals surface area contributed by atoms with Gasteiger partial charge in [-0.05, 0) is 55.6 Å². The topological polar surface area (TPSA) is 57.8 Å². The van der Waals surface area contributed by atoms with Crippen molar-refractivity contribution in [1.29, 1.82) is 0 Å². The number of amides is 1. The SMILES string of the molecule is Cc1cc(C)cc(C(=O)Nc2ccc3nc(-c4cccs4)[nH]c3c2)c1. The standard InChI is InChI=1S/C20H17N3OS/c1-12-8-13(2)10-14(9-12)20(24)21-15-5-6-16-17(11-15)23-19(22-16)18-4-3-7-25-18/h3-11H,1-2H3,(H,21,24)(H,22,23). The van der Waals surface area contributed by atoms with Crippen molar-refractivity contribution in [1.82, 2.24) is 9.97 Å². The Kier molecular flexibility index (Phi) is 3.86. The number of anilines is 1. The van der Waals surface area contributed by atoms with Gasteiger partial charge in [-0.1, -0.05) is 23.3 Å². The summed E-state index contributed by atoms with van der Waals surface area (Å²) < 4.78 is 0. The molecule has 2 aromatic carbocycles. The van der Waals surface area contributed by atoms with E-state index in [1.165, 1.54) is 0 Å². The van der Waals surface area contributed by atoms with Crippen LogP contribution < -0.4 is 5.32 Å². The number of nitrogens with zero attached hydrogens (tertiary/aromatic N) is 1. The molecule has 0 unspecified atom stereocenters. The van der Waals surface area contributed by atoms with E-state index in [1.807, 2.05) is 61.7 Å². The zero-order chi connectivity index (χ0) is 17.4. The van der Waals surface area contributed by atoms with E-state index in [2.05, 4.69) is 21.4 Å². The first-order valence-electron chi connectivity index (χ1n) is 8.02. The van der Waals surface area contributed by atoms with Crippen LogP contribution in [0.25, 0.3) is 21.7 Å². The Morgan fingerprint density at radius 3 is 2.60 bits per heavy atom. The van der Waals surface area contributed by atoms with Gasteiger partial charge in [-0.25, -0.2) is 4.98 Å². The number of fused-ring (bicyclic) bond motifs is 1. The lowest BCUT2D eigenvalue weighted by Gasteiger charge is -2.07. The number of benzene rings is 2. The average Bonchev–Trinajstić information content (AvgIpc) is 3.22. The first kappa shape index (κ1) is 15.6. The second-order valence-corrected chi connectivity index (χ2v) is 7.07. The molecule has 1 amide bonds. The third kappa shape index (κ3) is 3.19. The maximum Gasteiger partial charge on any atom is 0.255 e. The molecule has 124 valence electrons. The van der Waals surface area contributed by atoms with E-state index in [0.29, 0.717) is 5.56 Å². The van der Waals surface area contributed by atoms with Crippen LogP contribution in [0.3, 0.4) is 0 Å². The second kappa shape index (κ2) is 6.18. The van der Waals surface area contributed by atoms with Crippen molar-refractivity contribution in [2.75, 3.05) is 5.32 Å². The summed E-state index contributed by atoms with van der Waals surface area (Å²) in [6, 6.07) is 15.6. The molecule has 5 heteroatoms. The largest absolute Gasteiger partial charge is 0.337 e. The van der Waals surface area contributed by atoms with Crippen molar-refractivity contribution in [3.8, 4) is 10.7 Å². The first-order chi connectivity index (χ1) is 12.1. The van der Waals surface area contributed by atoms with Crippen molar-refractivity contribution in [2.24, 2.45) is 0 Å².